The second kappa shape index (κ2) is 7.79. The van der Waals surface area contributed by atoms with Crippen LogP contribution in [0, 0.1) is 5.92 Å². The van der Waals surface area contributed by atoms with E-state index in [0.29, 0.717) is 0 Å². The van der Waals surface area contributed by atoms with Crippen LogP contribution in [0.2, 0.25) is 0 Å². The van der Waals surface area contributed by atoms with Crippen LogP contribution in [0.25, 0.3) is 0 Å². The van der Waals surface area contributed by atoms with E-state index in [1.807, 2.05) is 0 Å². The maximum absolute atomic E-state index is 12.1. The van der Waals surface area contributed by atoms with Crippen LogP contribution in [0.4, 0.5) is 0 Å². The molecule has 2 N–H and O–H groups in total. The first kappa shape index (κ1) is 15.5. The monoisotopic (exact) mass is 295 g/mol. The van der Waals surface area contributed by atoms with E-state index < -0.39 is 0 Å². The SMILES string of the molecule is CC1CCc2sc(C(=O)NCCCCCCO)cc2C1. The van der Waals surface area contributed by atoms with E-state index in [0.717, 1.165) is 55.9 Å². The van der Waals surface area contributed by atoms with Crippen LogP contribution in [0.5, 0.6) is 0 Å². The number of unbranched alkanes of at least 4 members (excludes halogenated alkanes) is 3. The van der Waals surface area contributed by atoms with Crippen molar-refractivity contribution in [1.29, 1.82) is 0 Å². The Hall–Kier alpha value is -0.870. The molecule has 0 aromatic carbocycles. The van der Waals surface area contributed by atoms with Crippen LogP contribution in [0.15, 0.2) is 6.07 Å². The molecule has 1 aromatic rings. The van der Waals surface area contributed by atoms with Crippen LogP contribution in [-0.4, -0.2) is 24.2 Å². The highest BCUT2D eigenvalue weighted by atomic mass is 32.1. The number of fused-ring (bicyclic) bond motifs is 1. The summed E-state index contributed by atoms with van der Waals surface area (Å²) in [4.78, 5) is 14.4. The summed E-state index contributed by atoms with van der Waals surface area (Å²) in [6, 6.07) is 2.09. The van der Waals surface area contributed by atoms with Crippen molar-refractivity contribution in [2.75, 3.05) is 13.2 Å². The zero-order chi connectivity index (χ0) is 14.4. The van der Waals surface area contributed by atoms with Crippen molar-refractivity contribution >= 4 is 17.2 Å². The predicted octanol–water partition coefficient (Wildman–Crippen LogP) is 3.16. The van der Waals surface area contributed by atoms with E-state index in [1.54, 1.807) is 11.3 Å². The molecule has 0 saturated heterocycles. The number of nitrogens with one attached hydrogen (secondary N) is 1. The van der Waals surface area contributed by atoms with Crippen LogP contribution < -0.4 is 5.32 Å². The van der Waals surface area contributed by atoms with Crippen molar-refractivity contribution in [2.24, 2.45) is 5.92 Å². The Labute approximate surface area is 125 Å². The fraction of sp³-hybridized carbons (Fsp3) is 0.688. The highest BCUT2D eigenvalue weighted by Crippen LogP contribution is 2.32. The smallest absolute Gasteiger partial charge is 0.261 e. The van der Waals surface area contributed by atoms with Gasteiger partial charge in [-0.3, -0.25) is 4.79 Å². The average Bonchev–Trinajstić information content (AvgIpc) is 2.85. The zero-order valence-electron chi connectivity index (χ0n) is 12.3. The lowest BCUT2D eigenvalue weighted by Gasteiger charge is -2.16. The molecule has 20 heavy (non-hydrogen) atoms. The van der Waals surface area contributed by atoms with Crippen molar-refractivity contribution in [1.82, 2.24) is 5.32 Å². The summed E-state index contributed by atoms with van der Waals surface area (Å²) in [5.41, 5.74) is 1.39. The fourth-order valence-corrected chi connectivity index (χ4v) is 3.82. The molecule has 0 spiro atoms. The molecule has 0 bridgehead atoms. The predicted molar refractivity (Wildman–Crippen MR) is 83.4 cm³/mol. The standard InChI is InChI=1S/C16H25NO2S/c1-12-6-7-14-13(10-12)11-15(20-14)16(19)17-8-4-2-3-5-9-18/h11-12,18H,2-10H2,1H3,(H,17,19). The maximum Gasteiger partial charge on any atom is 0.261 e. The van der Waals surface area contributed by atoms with Crippen molar-refractivity contribution in [3.63, 3.8) is 0 Å². The van der Waals surface area contributed by atoms with Crippen molar-refractivity contribution in [3.8, 4) is 0 Å². The molecule has 1 amide bonds. The van der Waals surface area contributed by atoms with E-state index in [2.05, 4.69) is 18.3 Å². The molecule has 1 aromatic heterocycles. The van der Waals surface area contributed by atoms with Gasteiger partial charge in [0.2, 0.25) is 0 Å². The number of carbonyl (C=O) groups excluding carboxylic acids is 1. The Balaban J connectivity index is 1.75. The molecule has 0 radical (unpaired) electrons. The van der Waals surface area contributed by atoms with Crippen molar-refractivity contribution < 1.29 is 9.90 Å². The third-order valence-electron chi connectivity index (χ3n) is 3.92. The Morgan fingerprint density at radius 1 is 1.40 bits per heavy atom. The molecule has 0 saturated carbocycles. The molecule has 4 heteroatoms. The second-order valence-electron chi connectivity index (χ2n) is 5.80. The summed E-state index contributed by atoms with van der Waals surface area (Å²) in [7, 11) is 0. The van der Waals surface area contributed by atoms with Gasteiger partial charge in [-0.25, -0.2) is 0 Å². The molecular weight excluding hydrogens is 270 g/mol. The van der Waals surface area contributed by atoms with Gasteiger partial charge in [0.25, 0.3) is 5.91 Å². The molecule has 2 rings (SSSR count). The van der Waals surface area contributed by atoms with Crippen LogP contribution in [-0.2, 0) is 12.8 Å². The molecule has 3 nitrogen and oxygen atoms in total. The molecule has 1 unspecified atom stereocenters. The van der Waals surface area contributed by atoms with E-state index in [9.17, 15) is 4.79 Å². The second-order valence-corrected chi connectivity index (χ2v) is 6.94. The molecule has 1 aliphatic carbocycles. The first-order chi connectivity index (χ1) is 9.70. The third-order valence-corrected chi connectivity index (χ3v) is 5.16. The highest BCUT2D eigenvalue weighted by Gasteiger charge is 2.20. The summed E-state index contributed by atoms with van der Waals surface area (Å²) in [5.74, 6) is 0.832. The van der Waals surface area contributed by atoms with Gasteiger partial charge in [-0.05, 0) is 49.7 Å². The molecule has 0 fully saturated rings. The zero-order valence-corrected chi connectivity index (χ0v) is 13.1. The summed E-state index contributed by atoms with van der Waals surface area (Å²) >= 11 is 1.67. The third kappa shape index (κ3) is 4.32. The Morgan fingerprint density at radius 2 is 2.20 bits per heavy atom. The Morgan fingerprint density at radius 3 is 3.00 bits per heavy atom. The van der Waals surface area contributed by atoms with Crippen LogP contribution in [0.3, 0.4) is 0 Å². The molecule has 1 aliphatic rings. The van der Waals surface area contributed by atoms with Gasteiger partial charge >= 0.3 is 0 Å². The largest absolute Gasteiger partial charge is 0.396 e. The van der Waals surface area contributed by atoms with Gasteiger partial charge in [-0.2, -0.15) is 0 Å². The van der Waals surface area contributed by atoms with Crippen LogP contribution >= 0.6 is 11.3 Å². The normalized spacial score (nSPS) is 17.8. The summed E-state index contributed by atoms with van der Waals surface area (Å²) < 4.78 is 0. The average molecular weight is 295 g/mol. The van der Waals surface area contributed by atoms with Gasteiger partial charge in [-0.15, -0.1) is 11.3 Å². The highest BCUT2D eigenvalue weighted by molar-refractivity contribution is 7.14. The van der Waals surface area contributed by atoms with Crippen molar-refractivity contribution in [3.05, 3.63) is 21.4 Å². The number of aliphatic hydroxyl groups is 1. The number of hydrogen-bond acceptors (Lipinski definition) is 3. The van der Waals surface area contributed by atoms with E-state index >= 15 is 0 Å². The Kier molecular flexibility index (Phi) is 6.05. The van der Waals surface area contributed by atoms with Crippen LogP contribution in [0.1, 0.15) is 59.1 Å². The minimum absolute atomic E-state index is 0.0826. The first-order valence-corrected chi connectivity index (χ1v) is 8.53. The number of hydrogen-bond donors (Lipinski definition) is 2. The van der Waals surface area contributed by atoms with E-state index in [1.165, 1.54) is 16.9 Å². The van der Waals surface area contributed by atoms with E-state index in [-0.39, 0.29) is 12.5 Å². The number of rotatable bonds is 7. The number of aliphatic hydroxyl groups excluding tert-OH is 1. The van der Waals surface area contributed by atoms with Gasteiger partial charge in [0.1, 0.15) is 0 Å². The molecule has 0 aliphatic heterocycles. The molecule has 1 heterocycles. The summed E-state index contributed by atoms with van der Waals surface area (Å²) in [6.45, 7) is 3.29. The minimum atomic E-state index is 0.0826. The lowest BCUT2D eigenvalue weighted by Crippen LogP contribution is -2.23. The lowest BCUT2D eigenvalue weighted by atomic mass is 9.90. The van der Waals surface area contributed by atoms with E-state index in [4.69, 9.17) is 5.11 Å². The summed E-state index contributed by atoms with van der Waals surface area (Å²) in [6.07, 6.45) is 7.48. The lowest BCUT2D eigenvalue weighted by molar-refractivity contribution is 0.0957. The van der Waals surface area contributed by atoms with Crippen molar-refractivity contribution in [2.45, 2.75) is 51.9 Å². The fourth-order valence-electron chi connectivity index (χ4n) is 2.70. The number of amides is 1. The molecule has 1 atom stereocenters. The number of thiophene rings is 1. The Bertz CT molecular complexity index is 442. The van der Waals surface area contributed by atoms with Gasteiger partial charge < -0.3 is 10.4 Å². The number of carbonyl (C=O) groups is 1. The topological polar surface area (TPSA) is 49.3 Å². The van der Waals surface area contributed by atoms with Gasteiger partial charge in [-0.1, -0.05) is 19.8 Å². The molecule has 112 valence electrons. The first-order valence-electron chi connectivity index (χ1n) is 7.71. The van der Waals surface area contributed by atoms with Gasteiger partial charge in [0.05, 0.1) is 4.88 Å². The maximum atomic E-state index is 12.1. The van der Waals surface area contributed by atoms with Gasteiger partial charge in [0, 0.05) is 18.0 Å². The minimum Gasteiger partial charge on any atom is -0.396 e. The quantitative estimate of drug-likeness (QED) is 0.759. The van der Waals surface area contributed by atoms with Gasteiger partial charge in [0.15, 0.2) is 0 Å². The molecular formula is C16H25NO2S. The number of aryl methyl sites for hydroxylation is 1. The summed E-state index contributed by atoms with van der Waals surface area (Å²) in [5, 5.41) is 11.7.